The lowest BCUT2D eigenvalue weighted by atomic mass is 9.88. The predicted molar refractivity (Wildman–Crippen MR) is 83.9 cm³/mol. The van der Waals surface area contributed by atoms with Crippen LogP contribution in [0.25, 0.3) is 0 Å². The number of hydrogen-bond acceptors (Lipinski definition) is 3. The van der Waals surface area contributed by atoms with Crippen molar-refractivity contribution < 1.29 is 0 Å². The molecule has 3 saturated carbocycles. The lowest BCUT2D eigenvalue weighted by Gasteiger charge is -2.32. The van der Waals surface area contributed by atoms with Gasteiger partial charge in [0.2, 0.25) is 0 Å². The first kappa shape index (κ1) is 13.8. The van der Waals surface area contributed by atoms with Crippen molar-refractivity contribution in [1.29, 1.82) is 0 Å². The van der Waals surface area contributed by atoms with Crippen LogP contribution in [0.5, 0.6) is 0 Å². The first-order valence-electron chi connectivity index (χ1n) is 8.68. The Morgan fingerprint density at radius 3 is 2.81 bits per heavy atom. The Bertz CT molecular complexity index is 493. The molecule has 2 bridgehead atoms. The van der Waals surface area contributed by atoms with Gasteiger partial charge in [0, 0.05) is 25.3 Å². The maximum atomic E-state index is 6.12. The highest BCUT2D eigenvalue weighted by Gasteiger charge is 2.40. The number of nitrogens with zero attached hydrogens (tertiary/aromatic N) is 3. The number of rotatable bonds is 6. The van der Waals surface area contributed by atoms with Gasteiger partial charge in [0.1, 0.15) is 0 Å². The molecule has 4 atom stereocenters. The van der Waals surface area contributed by atoms with E-state index >= 15 is 0 Å². The number of likely N-dealkylation sites (N-methyl/N-ethyl adjacent to an activating group) is 1. The van der Waals surface area contributed by atoms with Crippen molar-refractivity contribution in [2.24, 2.45) is 23.5 Å². The molecular formula is C17H28N4. The average molecular weight is 288 g/mol. The Hall–Kier alpha value is -0.870. The van der Waals surface area contributed by atoms with Crippen molar-refractivity contribution >= 4 is 0 Å². The number of aromatic nitrogens is 2. The van der Waals surface area contributed by atoms with Gasteiger partial charge in [0.25, 0.3) is 0 Å². The summed E-state index contributed by atoms with van der Waals surface area (Å²) in [4.78, 5) is 6.89. The molecule has 3 aliphatic rings. The van der Waals surface area contributed by atoms with Crippen LogP contribution in [0.4, 0.5) is 0 Å². The zero-order valence-corrected chi connectivity index (χ0v) is 13.1. The van der Waals surface area contributed by atoms with Gasteiger partial charge in [0.05, 0.1) is 18.1 Å². The molecule has 0 spiro atoms. The molecule has 4 heteroatoms. The Balaban J connectivity index is 1.46. The molecule has 3 fully saturated rings. The smallest absolute Gasteiger partial charge is 0.0951 e. The predicted octanol–water partition coefficient (Wildman–Crippen LogP) is 2.59. The zero-order valence-electron chi connectivity index (χ0n) is 13.1. The normalized spacial score (nSPS) is 33.0. The molecule has 0 aromatic carbocycles. The third-order valence-electron chi connectivity index (χ3n) is 6.14. The van der Waals surface area contributed by atoms with Crippen molar-refractivity contribution in [3.05, 3.63) is 18.2 Å². The largest absolute Gasteiger partial charge is 0.330 e. The van der Waals surface area contributed by atoms with Gasteiger partial charge in [-0.05, 0) is 56.9 Å². The molecule has 0 radical (unpaired) electrons. The van der Waals surface area contributed by atoms with Gasteiger partial charge >= 0.3 is 0 Å². The molecule has 1 aromatic rings. The second-order valence-corrected chi connectivity index (χ2v) is 7.58. The summed E-state index contributed by atoms with van der Waals surface area (Å²) in [6.45, 7) is 1.90. The minimum absolute atomic E-state index is 0.326. The monoisotopic (exact) mass is 288 g/mol. The van der Waals surface area contributed by atoms with Crippen molar-refractivity contribution in [3.63, 3.8) is 0 Å². The highest BCUT2D eigenvalue weighted by Crippen LogP contribution is 2.48. The van der Waals surface area contributed by atoms with Gasteiger partial charge < -0.3 is 10.3 Å². The van der Waals surface area contributed by atoms with E-state index in [0.29, 0.717) is 18.6 Å². The Labute approximate surface area is 127 Å². The Morgan fingerprint density at radius 2 is 2.19 bits per heavy atom. The summed E-state index contributed by atoms with van der Waals surface area (Å²) in [5.74, 6) is 2.92. The average Bonchev–Trinajstić information content (AvgIpc) is 2.89. The number of fused-ring (bicyclic) bond motifs is 2. The van der Waals surface area contributed by atoms with Gasteiger partial charge in [-0.3, -0.25) is 4.90 Å². The molecular weight excluding hydrogens is 260 g/mol. The third-order valence-corrected chi connectivity index (χ3v) is 6.14. The molecule has 0 saturated heterocycles. The first-order chi connectivity index (χ1) is 10.3. The number of hydrogen-bond donors (Lipinski definition) is 1. The van der Waals surface area contributed by atoms with Crippen molar-refractivity contribution in [2.45, 2.75) is 50.6 Å². The molecule has 0 amide bonds. The lowest BCUT2D eigenvalue weighted by Crippen LogP contribution is -2.36. The maximum absolute atomic E-state index is 6.12. The molecule has 1 heterocycles. The van der Waals surface area contributed by atoms with Crippen molar-refractivity contribution in [2.75, 3.05) is 20.1 Å². The van der Waals surface area contributed by atoms with Crippen LogP contribution >= 0.6 is 0 Å². The third kappa shape index (κ3) is 2.53. The highest BCUT2D eigenvalue weighted by atomic mass is 15.2. The first-order valence-corrected chi connectivity index (χ1v) is 8.68. The van der Waals surface area contributed by atoms with E-state index < -0.39 is 0 Å². The van der Waals surface area contributed by atoms with Gasteiger partial charge in [-0.25, -0.2) is 4.98 Å². The van der Waals surface area contributed by atoms with Crippen molar-refractivity contribution in [1.82, 2.24) is 14.5 Å². The van der Waals surface area contributed by atoms with Crippen LogP contribution in [-0.2, 0) is 0 Å². The van der Waals surface area contributed by atoms with E-state index in [1.807, 2.05) is 12.5 Å². The lowest BCUT2D eigenvalue weighted by molar-refractivity contribution is 0.171. The topological polar surface area (TPSA) is 47.1 Å². The van der Waals surface area contributed by atoms with Crippen LogP contribution in [0.2, 0.25) is 0 Å². The summed E-state index contributed by atoms with van der Waals surface area (Å²) >= 11 is 0. The van der Waals surface area contributed by atoms with Gasteiger partial charge in [-0.2, -0.15) is 0 Å². The van der Waals surface area contributed by atoms with Crippen LogP contribution < -0.4 is 5.73 Å². The summed E-state index contributed by atoms with van der Waals surface area (Å²) in [6, 6.07) is 1.01. The molecule has 3 aliphatic carbocycles. The zero-order chi connectivity index (χ0) is 14.4. The summed E-state index contributed by atoms with van der Waals surface area (Å²) in [7, 11) is 2.26. The molecule has 1 aromatic heterocycles. The van der Waals surface area contributed by atoms with E-state index in [9.17, 15) is 0 Å². The van der Waals surface area contributed by atoms with E-state index in [2.05, 4.69) is 21.5 Å². The van der Waals surface area contributed by atoms with Crippen LogP contribution in [-0.4, -0.2) is 34.6 Å². The number of nitrogens with two attached hydrogens (primary N) is 1. The van der Waals surface area contributed by atoms with Gasteiger partial charge in [0.15, 0.2) is 0 Å². The SMILES string of the molecule is CN(CC1CC2CCC1C2)C(CN)c1cncn1C1CC1. The van der Waals surface area contributed by atoms with E-state index in [1.54, 1.807) is 0 Å². The number of imidazole rings is 1. The quantitative estimate of drug-likeness (QED) is 0.875. The molecule has 4 nitrogen and oxygen atoms in total. The van der Waals surface area contributed by atoms with Crippen LogP contribution in [0, 0.1) is 17.8 Å². The Morgan fingerprint density at radius 1 is 1.33 bits per heavy atom. The molecule has 4 unspecified atom stereocenters. The molecule has 0 aliphatic heterocycles. The molecule has 116 valence electrons. The van der Waals surface area contributed by atoms with E-state index in [0.717, 1.165) is 17.8 Å². The second-order valence-electron chi connectivity index (χ2n) is 7.58. The summed E-state index contributed by atoms with van der Waals surface area (Å²) in [6.07, 6.45) is 12.5. The minimum Gasteiger partial charge on any atom is -0.330 e. The van der Waals surface area contributed by atoms with Crippen LogP contribution in [0.3, 0.4) is 0 Å². The van der Waals surface area contributed by atoms with E-state index in [1.165, 1.54) is 50.8 Å². The van der Waals surface area contributed by atoms with E-state index in [4.69, 9.17) is 5.73 Å². The summed E-state index contributed by atoms with van der Waals surface area (Å²) < 4.78 is 2.37. The van der Waals surface area contributed by atoms with Crippen molar-refractivity contribution in [3.8, 4) is 0 Å². The fourth-order valence-corrected chi connectivity index (χ4v) is 4.85. The fourth-order valence-electron chi connectivity index (χ4n) is 4.85. The standard InChI is InChI=1S/C17H28N4/c1-20(10-14-7-12-2-3-13(14)6-12)16(8-18)17-9-19-11-21(17)15-4-5-15/h9,11-16H,2-8,10,18H2,1H3. The van der Waals surface area contributed by atoms with Crippen LogP contribution in [0.15, 0.2) is 12.5 Å². The minimum atomic E-state index is 0.326. The van der Waals surface area contributed by atoms with Gasteiger partial charge in [-0.1, -0.05) is 6.42 Å². The Kier molecular flexibility index (Phi) is 3.54. The maximum Gasteiger partial charge on any atom is 0.0951 e. The van der Waals surface area contributed by atoms with E-state index in [-0.39, 0.29) is 0 Å². The van der Waals surface area contributed by atoms with Crippen LogP contribution in [0.1, 0.15) is 56.3 Å². The molecule has 2 N–H and O–H groups in total. The fraction of sp³-hybridized carbons (Fsp3) is 0.824. The summed E-state index contributed by atoms with van der Waals surface area (Å²) in [5.41, 5.74) is 7.45. The molecule has 21 heavy (non-hydrogen) atoms. The van der Waals surface area contributed by atoms with Gasteiger partial charge in [-0.15, -0.1) is 0 Å². The molecule has 4 rings (SSSR count). The highest BCUT2D eigenvalue weighted by molar-refractivity contribution is 5.10. The summed E-state index contributed by atoms with van der Waals surface area (Å²) in [5, 5.41) is 0. The second kappa shape index (κ2) is 5.40.